The van der Waals surface area contributed by atoms with Crippen molar-refractivity contribution in [1.82, 2.24) is 0 Å². The third-order valence-corrected chi connectivity index (χ3v) is 13.7. The predicted octanol–water partition coefficient (Wildman–Crippen LogP) is 16.6. The number of fused-ring (bicyclic) bond motifs is 17. The van der Waals surface area contributed by atoms with E-state index in [-0.39, 0.29) is 0 Å². The van der Waals surface area contributed by atoms with Gasteiger partial charge in [0.2, 0.25) is 0 Å². The van der Waals surface area contributed by atoms with Gasteiger partial charge in [-0.2, -0.15) is 0 Å². The second-order valence-electron chi connectivity index (χ2n) is 15.5. The molecule has 0 radical (unpaired) electrons. The van der Waals surface area contributed by atoms with Crippen molar-refractivity contribution in [2.75, 3.05) is 0 Å². The average Bonchev–Trinajstić information content (AvgIpc) is 3.65. The molecule has 0 aliphatic rings. The summed E-state index contributed by atoms with van der Waals surface area (Å²) in [5.74, 6) is 0. The Kier molecular flexibility index (Phi) is 6.41. The van der Waals surface area contributed by atoms with Gasteiger partial charge in [-0.05, 0) is 151 Å². The zero-order valence-corrected chi connectivity index (χ0v) is 31.7. The summed E-state index contributed by atoms with van der Waals surface area (Å²) in [7, 11) is 0. The van der Waals surface area contributed by atoms with Crippen LogP contribution in [-0.2, 0) is 0 Å². The highest BCUT2D eigenvalue weighted by atomic mass is 32.1. The highest BCUT2D eigenvalue weighted by molar-refractivity contribution is 7.25. The van der Waals surface area contributed by atoms with E-state index in [1.165, 1.54) is 129 Å². The molecule has 1 aromatic heterocycles. The van der Waals surface area contributed by atoms with E-state index in [1.54, 1.807) is 0 Å². The van der Waals surface area contributed by atoms with Gasteiger partial charge >= 0.3 is 0 Å². The minimum absolute atomic E-state index is 1.24. The van der Waals surface area contributed by atoms with Gasteiger partial charge in [0.25, 0.3) is 0 Å². The van der Waals surface area contributed by atoms with E-state index in [1.807, 2.05) is 11.3 Å². The van der Waals surface area contributed by atoms with Crippen molar-refractivity contribution >= 4 is 118 Å². The number of benzene rings is 12. The largest absolute Gasteiger partial charge is 0.135 e. The van der Waals surface area contributed by atoms with Gasteiger partial charge in [0.05, 0.1) is 0 Å². The Bertz CT molecular complexity index is 3860. The van der Waals surface area contributed by atoms with E-state index in [9.17, 15) is 0 Å². The summed E-state index contributed by atoms with van der Waals surface area (Å²) < 4.78 is 2.68. The standard InChI is InChI=1S/C56H32S/c1-2-14-35-33(13-1)27-48(38-17-5-3-15-36(35)38)50-30-51-39-18-6-4-16-37(39)46(29-49(51)42-21-9-10-22-43(42)50)34-25-26-44-47(28-34)40-19-7-8-20-41(40)52-31-54-45-23-11-12-24-55(45)57-56(54)32-53(44)52/h1-32H. The maximum absolute atomic E-state index is 2.47. The summed E-state index contributed by atoms with van der Waals surface area (Å²) in [4.78, 5) is 0. The summed E-state index contributed by atoms with van der Waals surface area (Å²) >= 11 is 1.89. The molecule has 0 bridgehead atoms. The molecule has 0 amide bonds. The molecule has 0 nitrogen and oxygen atoms in total. The lowest BCUT2D eigenvalue weighted by atomic mass is 9.85. The van der Waals surface area contributed by atoms with Gasteiger partial charge in [-0.3, -0.25) is 0 Å². The van der Waals surface area contributed by atoms with Gasteiger partial charge in [0.1, 0.15) is 0 Å². The monoisotopic (exact) mass is 736 g/mol. The van der Waals surface area contributed by atoms with Crippen LogP contribution in [0.4, 0.5) is 0 Å². The number of hydrogen-bond donors (Lipinski definition) is 0. The molecule has 12 aromatic carbocycles. The van der Waals surface area contributed by atoms with Crippen LogP contribution in [0.2, 0.25) is 0 Å². The summed E-state index contributed by atoms with van der Waals surface area (Å²) in [5.41, 5.74) is 5.05. The van der Waals surface area contributed by atoms with Gasteiger partial charge < -0.3 is 0 Å². The first kappa shape index (κ1) is 31.2. The van der Waals surface area contributed by atoms with E-state index in [0.29, 0.717) is 0 Å². The maximum Gasteiger partial charge on any atom is 0.0362 e. The molecule has 0 saturated carbocycles. The fourth-order valence-corrected chi connectivity index (χ4v) is 11.2. The summed E-state index contributed by atoms with van der Waals surface area (Å²) in [6.45, 7) is 0. The molecule has 57 heavy (non-hydrogen) atoms. The molecule has 1 heterocycles. The van der Waals surface area contributed by atoms with Gasteiger partial charge in [0.15, 0.2) is 0 Å². The van der Waals surface area contributed by atoms with Crippen LogP contribution in [0.1, 0.15) is 0 Å². The van der Waals surface area contributed by atoms with Crippen LogP contribution < -0.4 is 0 Å². The zero-order chi connectivity index (χ0) is 37.2. The van der Waals surface area contributed by atoms with Gasteiger partial charge in [-0.1, -0.05) is 152 Å². The fraction of sp³-hybridized carbons (Fsp3) is 0. The molecular weight excluding hydrogens is 705 g/mol. The Balaban J connectivity index is 1.10. The third kappa shape index (κ3) is 4.43. The molecule has 0 aliphatic carbocycles. The molecule has 0 spiro atoms. The van der Waals surface area contributed by atoms with Crippen molar-refractivity contribution in [1.29, 1.82) is 0 Å². The van der Waals surface area contributed by atoms with Crippen molar-refractivity contribution in [3.8, 4) is 22.3 Å². The SMILES string of the molecule is c1ccc2c(c1)cc(-c1cc3c4ccccc4c(-c4ccc5c(c4)c4ccccc4c4cc6c(cc54)sc4ccccc46)cc3c3ccccc13)c1ccccc12. The molecule has 0 N–H and O–H groups in total. The van der Waals surface area contributed by atoms with E-state index in [4.69, 9.17) is 0 Å². The molecule has 0 aliphatic heterocycles. The first-order chi connectivity index (χ1) is 28.3. The van der Waals surface area contributed by atoms with Crippen LogP contribution >= 0.6 is 11.3 Å². The minimum Gasteiger partial charge on any atom is -0.135 e. The quantitative estimate of drug-likeness (QED) is 0.155. The summed E-state index contributed by atoms with van der Waals surface area (Å²) in [6, 6.07) is 72.9. The zero-order valence-electron chi connectivity index (χ0n) is 30.9. The Morgan fingerprint density at radius 1 is 0.211 bits per heavy atom. The van der Waals surface area contributed by atoms with Crippen LogP contribution in [0, 0.1) is 0 Å². The Morgan fingerprint density at radius 2 is 0.632 bits per heavy atom. The molecule has 0 unspecified atom stereocenters. The molecule has 13 aromatic rings. The van der Waals surface area contributed by atoms with Crippen molar-refractivity contribution in [2.24, 2.45) is 0 Å². The van der Waals surface area contributed by atoms with Crippen molar-refractivity contribution in [3.05, 3.63) is 194 Å². The first-order valence-electron chi connectivity index (χ1n) is 19.7. The lowest BCUT2D eigenvalue weighted by molar-refractivity contribution is 1.70. The van der Waals surface area contributed by atoms with Gasteiger partial charge in [-0.15, -0.1) is 11.3 Å². The Labute approximate surface area is 332 Å². The Hall–Kier alpha value is -7.06. The smallest absolute Gasteiger partial charge is 0.0362 e. The number of rotatable bonds is 2. The fourth-order valence-electron chi connectivity index (χ4n) is 10.0. The number of thiophene rings is 1. The van der Waals surface area contributed by atoms with Crippen molar-refractivity contribution in [3.63, 3.8) is 0 Å². The van der Waals surface area contributed by atoms with Crippen molar-refractivity contribution < 1.29 is 0 Å². The van der Waals surface area contributed by atoms with Gasteiger partial charge in [0, 0.05) is 20.2 Å². The van der Waals surface area contributed by atoms with Crippen LogP contribution in [0.15, 0.2) is 194 Å². The second kappa shape index (κ2) is 11.7. The van der Waals surface area contributed by atoms with E-state index in [0.717, 1.165) is 0 Å². The lowest BCUT2D eigenvalue weighted by Gasteiger charge is -2.18. The molecule has 13 rings (SSSR count). The van der Waals surface area contributed by atoms with Crippen LogP contribution in [-0.4, -0.2) is 0 Å². The lowest BCUT2D eigenvalue weighted by Crippen LogP contribution is -1.91. The van der Waals surface area contributed by atoms with Crippen LogP contribution in [0.3, 0.4) is 0 Å². The molecule has 0 saturated heterocycles. The topological polar surface area (TPSA) is 0 Å². The van der Waals surface area contributed by atoms with E-state index >= 15 is 0 Å². The number of hydrogen-bond acceptors (Lipinski definition) is 1. The second-order valence-corrected chi connectivity index (χ2v) is 16.6. The molecule has 1 heteroatoms. The predicted molar refractivity (Wildman–Crippen MR) is 250 cm³/mol. The summed E-state index contributed by atoms with van der Waals surface area (Å²) in [6.07, 6.45) is 0. The third-order valence-electron chi connectivity index (χ3n) is 12.6. The Morgan fingerprint density at radius 3 is 1.30 bits per heavy atom. The van der Waals surface area contributed by atoms with E-state index < -0.39 is 0 Å². The summed E-state index contributed by atoms with van der Waals surface area (Å²) in [5, 5.41) is 23.3. The van der Waals surface area contributed by atoms with Crippen LogP contribution in [0.25, 0.3) is 129 Å². The molecule has 0 fully saturated rings. The normalized spacial score (nSPS) is 12.2. The van der Waals surface area contributed by atoms with E-state index in [2.05, 4.69) is 194 Å². The molecule has 262 valence electrons. The molecular formula is C56H32S. The first-order valence-corrected chi connectivity index (χ1v) is 20.6. The van der Waals surface area contributed by atoms with Crippen LogP contribution in [0.5, 0.6) is 0 Å². The molecule has 0 atom stereocenters. The maximum atomic E-state index is 2.47. The van der Waals surface area contributed by atoms with Crippen molar-refractivity contribution in [2.45, 2.75) is 0 Å². The minimum atomic E-state index is 1.24. The highest BCUT2D eigenvalue weighted by Gasteiger charge is 2.18. The average molecular weight is 737 g/mol. The van der Waals surface area contributed by atoms with Gasteiger partial charge in [-0.25, -0.2) is 0 Å². The highest BCUT2D eigenvalue weighted by Crippen LogP contribution is 2.46.